The minimum Gasteiger partial charge on any atom is -0.481 e. The molecule has 4 rings (SSSR count). The fraction of sp³-hybridized carbons (Fsp3) is 0.474. The molecule has 1 spiro atoms. The molecular weight excluding hydrogens is 361 g/mol. The molecule has 3 N–H and O–H groups in total. The summed E-state index contributed by atoms with van der Waals surface area (Å²) < 4.78 is 0. The molecule has 1 aromatic rings. The minimum absolute atomic E-state index is 0.0676. The largest absolute Gasteiger partial charge is 0.481 e. The van der Waals surface area contributed by atoms with E-state index in [0.29, 0.717) is 22.9 Å². The van der Waals surface area contributed by atoms with E-state index >= 15 is 0 Å². The molecule has 3 aliphatic carbocycles. The number of hydrogen-bond acceptors (Lipinski definition) is 2. The lowest BCUT2D eigenvalue weighted by molar-refractivity contribution is -0.153. The number of carboxylic acid groups (broad SMARTS) is 1. The molecule has 0 radical (unpaired) electrons. The third kappa shape index (κ3) is 2.20. The van der Waals surface area contributed by atoms with Crippen molar-refractivity contribution in [2.45, 2.75) is 25.7 Å². The zero-order valence-electron chi connectivity index (χ0n) is 13.5. The van der Waals surface area contributed by atoms with Crippen LogP contribution in [0.1, 0.15) is 24.8 Å². The van der Waals surface area contributed by atoms with Crippen LogP contribution in [0.25, 0.3) is 0 Å². The molecule has 4 atom stereocenters. The number of primary amides is 1. The highest BCUT2D eigenvalue weighted by Gasteiger charge is 2.76. The van der Waals surface area contributed by atoms with Crippen LogP contribution in [0.4, 0.5) is 0 Å². The zero-order valence-corrected chi connectivity index (χ0v) is 15.1. The van der Waals surface area contributed by atoms with E-state index in [1.165, 1.54) is 0 Å². The Morgan fingerprint density at radius 1 is 1.24 bits per heavy atom. The number of halogens is 2. The molecule has 25 heavy (non-hydrogen) atoms. The van der Waals surface area contributed by atoms with Crippen molar-refractivity contribution in [1.82, 2.24) is 0 Å². The fourth-order valence-electron chi connectivity index (χ4n) is 5.43. The number of carbonyl (C=O) groups is 2. The van der Waals surface area contributed by atoms with Crippen LogP contribution in [0, 0.1) is 28.6 Å². The maximum absolute atomic E-state index is 12.6. The number of nitrogens with two attached hydrogens (primary N) is 1. The van der Waals surface area contributed by atoms with Gasteiger partial charge < -0.3 is 10.8 Å². The summed E-state index contributed by atoms with van der Waals surface area (Å²) in [6.45, 7) is 0. The van der Waals surface area contributed by atoms with Crippen molar-refractivity contribution in [2.24, 2.45) is 34.3 Å². The van der Waals surface area contributed by atoms with Crippen LogP contribution in [0.15, 0.2) is 30.4 Å². The summed E-state index contributed by atoms with van der Waals surface area (Å²) in [5, 5.41) is 11.0. The summed E-state index contributed by atoms with van der Waals surface area (Å²) in [4.78, 5) is 24.6. The number of amides is 1. The Morgan fingerprint density at radius 2 is 1.96 bits per heavy atom. The number of allylic oxidation sites excluding steroid dienone is 2. The highest BCUT2D eigenvalue weighted by atomic mass is 35.5. The predicted octanol–water partition coefficient (Wildman–Crippen LogP) is 3.69. The first-order valence-electron chi connectivity index (χ1n) is 8.48. The molecule has 2 fully saturated rings. The van der Waals surface area contributed by atoms with Crippen LogP contribution in [0.5, 0.6) is 0 Å². The lowest BCUT2D eigenvalue weighted by atomic mass is 9.64. The SMILES string of the molecule is NC(=O)[C@@]1(CCc2ccc(Cl)cc2Cl)[C@H](C(=O)O)[C@H]2C=C[C@H]1C21CC1. The number of benzene rings is 1. The molecule has 0 aliphatic heterocycles. The average molecular weight is 380 g/mol. The Bertz CT molecular complexity index is 802. The first kappa shape index (κ1) is 16.9. The Kier molecular flexibility index (Phi) is 3.71. The van der Waals surface area contributed by atoms with Crippen LogP contribution < -0.4 is 5.73 Å². The van der Waals surface area contributed by atoms with Gasteiger partial charge in [-0.05, 0) is 60.6 Å². The smallest absolute Gasteiger partial charge is 0.308 e. The van der Waals surface area contributed by atoms with E-state index in [1.807, 2.05) is 18.2 Å². The van der Waals surface area contributed by atoms with Crippen molar-refractivity contribution >= 4 is 35.1 Å². The summed E-state index contributed by atoms with van der Waals surface area (Å²) in [6, 6.07) is 5.23. The van der Waals surface area contributed by atoms with Crippen molar-refractivity contribution in [3.8, 4) is 0 Å². The molecule has 2 saturated carbocycles. The Hall–Kier alpha value is -1.52. The van der Waals surface area contributed by atoms with Crippen LogP contribution >= 0.6 is 23.2 Å². The van der Waals surface area contributed by atoms with Gasteiger partial charge in [-0.2, -0.15) is 0 Å². The Balaban J connectivity index is 1.71. The normalized spacial score (nSPS) is 33.8. The highest BCUT2D eigenvalue weighted by molar-refractivity contribution is 6.35. The highest BCUT2D eigenvalue weighted by Crippen LogP contribution is 2.76. The third-order valence-corrected chi connectivity index (χ3v) is 7.23. The number of aryl methyl sites for hydroxylation is 1. The van der Waals surface area contributed by atoms with Crippen molar-refractivity contribution < 1.29 is 14.7 Å². The second-order valence-corrected chi connectivity index (χ2v) is 8.42. The van der Waals surface area contributed by atoms with E-state index < -0.39 is 23.2 Å². The average Bonchev–Trinajstić information content (AvgIpc) is 3.20. The standard InChI is InChI=1S/C19H19Cl2NO3/c20-11-2-1-10(13(21)9-11)5-6-19(17(22)25)14-4-3-12(15(19)16(23)24)18(14)7-8-18/h1-4,9,12,14-15H,5-8H2,(H2,22,25)(H,23,24)/t12-,14+,15+,19-/m1/s1. The van der Waals surface area contributed by atoms with Crippen molar-refractivity contribution in [3.05, 3.63) is 46.0 Å². The van der Waals surface area contributed by atoms with Crippen LogP contribution in [-0.4, -0.2) is 17.0 Å². The van der Waals surface area contributed by atoms with Gasteiger partial charge in [0.2, 0.25) is 5.91 Å². The maximum atomic E-state index is 12.6. The van der Waals surface area contributed by atoms with E-state index in [9.17, 15) is 14.7 Å². The number of hydrogen-bond donors (Lipinski definition) is 2. The van der Waals surface area contributed by atoms with E-state index in [2.05, 4.69) is 0 Å². The number of aliphatic carboxylic acids is 1. The first-order chi connectivity index (χ1) is 11.8. The summed E-state index contributed by atoms with van der Waals surface area (Å²) >= 11 is 12.2. The molecule has 0 saturated heterocycles. The van der Waals surface area contributed by atoms with Gasteiger partial charge in [0.05, 0.1) is 11.3 Å². The Labute approximate surface area is 156 Å². The van der Waals surface area contributed by atoms with Gasteiger partial charge in [-0.15, -0.1) is 0 Å². The van der Waals surface area contributed by atoms with Gasteiger partial charge in [-0.25, -0.2) is 0 Å². The minimum atomic E-state index is -1.05. The van der Waals surface area contributed by atoms with Gasteiger partial charge in [0.1, 0.15) is 0 Å². The monoisotopic (exact) mass is 379 g/mol. The predicted molar refractivity (Wildman–Crippen MR) is 95.3 cm³/mol. The molecule has 4 nitrogen and oxygen atoms in total. The topological polar surface area (TPSA) is 80.4 Å². The molecule has 6 heteroatoms. The van der Waals surface area contributed by atoms with Gasteiger partial charge >= 0.3 is 5.97 Å². The van der Waals surface area contributed by atoms with Crippen LogP contribution in [0.2, 0.25) is 10.0 Å². The summed E-state index contributed by atoms with van der Waals surface area (Å²) in [5.74, 6) is -2.37. The van der Waals surface area contributed by atoms with Crippen LogP contribution in [0.3, 0.4) is 0 Å². The number of carbonyl (C=O) groups excluding carboxylic acids is 1. The van der Waals surface area contributed by atoms with E-state index in [4.69, 9.17) is 28.9 Å². The second-order valence-electron chi connectivity index (χ2n) is 7.58. The maximum Gasteiger partial charge on any atom is 0.308 e. The summed E-state index contributed by atoms with van der Waals surface area (Å²) in [7, 11) is 0. The molecule has 0 aromatic heterocycles. The van der Waals surface area contributed by atoms with Crippen molar-refractivity contribution in [3.63, 3.8) is 0 Å². The third-order valence-electron chi connectivity index (χ3n) is 6.64. The zero-order chi connectivity index (χ0) is 18.0. The molecule has 2 bridgehead atoms. The first-order valence-corrected chi connectivity index (χ1v) is 9.23. The van der Waals surface area contributed by atoms with E-state index in [0.717, 1.165) is 18.4 Å². The molecule has 0 heterocycles. The fourth-order valence-corrected chi connectivity index (χ4v) is 5.94. The molecule has 132 valence electrons. The van der Waals surface area contributed by atoms with Gasteiger partial charge in [-0.1, -0.05) is 41.4 Å². The number of carboxylic acids is 1. The van der Waals surface area contributed by atoms with Crippen molar-refractivity contribution in [1.29, 1.82) is 0 Å². The van der Waals surface area contributed by atoms with Gasteiger partial charge in [-0.3, -0.25) is 9.59 Å². The van der Waals surface area contributed by atoms with Crippen molar-refractivity contribution in [2.75, 3.05) is 0 Å². The van der Waals surface area contributed by atoms with Gasteiger partial charge in [0, 0.05) is 10.0 Å². The van der Waals surface area contributed by atoms with Gasteiger partial charge in [0.15, 0.2) is 0 Å². The van der Waals surface area contributed by atoms with Crippen LogP contribution in [-0.2, 0) is 16.0 Å². The molecule has 0 unspecified atom stereocenters. The summed E-state index contributed by atoms with van der Waals surface area (Å²) in [5.41, 5.74) is 5.57. The van der Waals surface area contributed by atoms with E-state index in [1.54, 1.807) is 12.1 Å². The molecule has 3 aliphatic rings. The van der Waals surface area contributed by atoms with E-state index in [-0.39, 0.29) is 17.3 Å². The molecular formula is C19H19Cl2NO3. The summed E-state index contributed by atoms with van der Waals surface area (Å²) in [6.07, 6.45) is 6.84. The second kappa shape index (κ2) is 5.49. The molecule has 1 amide bonds. The van der Waals surface area contributed by atoms with Gasteiger partial charge in [0.25, 0.3) is 0 Å². The molecule has 1 aromatic carbocycles. The lowest BCUT2D eigenvalue weighted by Crippen LogP contribution is -2.49. The Morgan fingerprint density at radius 3 is 2.52 bits per heavy atom. The number of rotatable bonds is 5. The quantitative estimate of drug-likeness (QED) is 0.765. The lowest BCUT2D eigenvalue weighted by Gasteiger charge is -2.37.